The maximum absolute atomic E-state index is 12.9. The maximum atomic E-state index is 12.9. The Morgan fingerprint density at radius 3 is 1.08 bits per heavy atom. The first-order valence-corrected chi connectivity index (χ1v) is 15.5. The van der Waals surface area contributed by atoms with Crippen molar-refractivity contribution in [3.8, 4) is 17.2 Å². The van der Waals surface area contributed by atoms with Crippen LogP contribution in [0.15, 0.2) is 45.8 Å². The third-order valence-corrected chi connectivity index (χ3v) is 8.06. The molecule has 0 saturated heterocycles. The summed E-state index contributed by atoms with van der Waals surface area (Å²) in [5, 5.41) is 0. The second-order valence-electron chi connectivity index (χ2n) is 8.81. The molecule has 10 heteroatoms. The van der Waals surface area contributed by atoms with Crippen LogP contribution in [0.5, 0.6) is 17.2 Å². The molecule has 0 N–H and O–H groups in total. The zero-order valence-corrected chi connectivity index (χ0v) is 24.6. The van der Waals surface area contributed by atoms with Gasteiger partial charge in [-0.2, -0.15) is 0 Å². The number of rotatable bonds is 12. The Morgan fingerprint density at radius 1 is 0.568 bits per heavy atom. The summed E-state index contributed by atoms with van der Waals surface area (Å²) >= 11 is -4.11. The van der Waals surface area contributed by atoms with Crippen LogP contribution < -0.4 is 26.9 Å². The summed E-state index contributed by atoms with van der Waals surface area (Å²) in [5.41, 5.74) is -1.20. The van der Waals surface area contributed by atoms with Gasteiger partial charge in [0.1, 0.15) is 0 Å². The fourth-order valence-electron chi connectivity index (χ4n) is 3.88. The topological polar surface area (TPSA) is 118 Å². The molecule has 0 spiro atoms. The zero-order valence-electron chi connectivity index (χ0n) is 22.2. The van der Waals surface area contributed by atoms with E-state index in [2.05, 4.69) is 0 Å². The first-order valence-electron chi connectivity index (χ1n) is 12.6. The van der Waals surface area contributed by atoms with Gasteiger partial charge in [0.15, 0.2) is 0 Å². The Morgan fingerprint density at radius 2 is 0.838 bits per heavy atom. The zero-order chi connectivity index (χ0) is 27.1. The van der Waals surface area contributed by atoms with Gasteiger partial charge in [-0.25, -0.2) is 0 Å². The quantitative estimate of drug-likeness (QED) is 0.281. The summed E-state index contributed by atoms with van der Waals surface area (Å²) in [5.74, 6) is 2.26. The first kappa shape index (κ1) is 28.5. The number of hydrogen-bond acceptors (Lipinski definition) is 9. The summed E-state index contributed by atoms with van der Waals surface area (Å²) < 4.78 is 35.6. The predicted octanol–water partition coefficient (Wildman–Crippen LogP) is 4.85. The van der Waals surface area contributed by atoms with E-state index >= 15 is 0 Å². The molecular formula is C27H33GaO9. The van der Waals surface area contributed by atoms with Gasteiger partial charge in [-0.1, -0.05) is 0 Å². The van der Waals surface area contributed by atoms with E-state index in [4.69, 9.17) is 23.8 Å². The van der Waals surface area contributed by atoms with Gasteiger partial charge in [0.05, 0.1) is 0 Å². The van der Waals surface area contributed by atoms with Crippen molar-refractivity contribution in [3.63, 3.8) is 0 Å². The molecule has 0 fully saturated rings. The Hall–Kier alpha value is -3.11. The minimum absolute atomic E-state index is 0.0421. The summed E-state index contributed by atoms with van der Waals surface area (Å²) in [6.07, 6.45) is 3.44. The Balaban J connectivity index is 2.14. The molecule has 0 bridgehead atoms. The first-order chi connectivity index (χ1) is 17.7. The molecule has 0 aliphatic rings. The summed E-state index contributed by atoms with van der Waals surface area (Å²) in [7, 11) is 0. The molecule has 0 aliphatic carbocycles. The minimum atomic E-state index is -4.11. The Bertz CT molecular complexity index is 1230. The third kappa shape index (κ3) is 7.23. The average molecular weight is 571 g/mol. The molecule has 0 radical (unpaired) electrons. The van der Waals surface area contributed by atoms with Gasteiger partial charge in [-0.05, 0) is 0 Å². The van der Waals surface area contributed by atoms with Crippen molar-refractivity contribution in [2.45, 2.75) is 80.1 Å². The van der Waals surface area contributed by atoms with E-state index in [9.17, 15) is 14.4 Å². The Labute approximate surface area is 221 Å². The number of aryl methyl sites for hydroxylation is 6. The van der Waals surface area contributed by atoms with E-state index in [-0.39, 0.29) is 17.2 Å². The van der Waals surface area contributed by atoms with Crippen LogP contribution in [0, 0.1) is 20.8 Å². The summed E-state index contributed by atoms with van der Waals surface area (Å²) in [6.45, 7) is 10.9. The van der Waals surface area contributed by atoms with Crippen molar-refractivity contribution in [2.75, 3.05) is 0 Å². The van der Waals surface area contributed by atoms with Crippen LogP contribution in [-0.4, -0.2) is 17.3 Å². The van der Waals surface area contributed by atoms with Crippen molar-refractivity contribution in [2.24, 2.45) is 0 Å². The second kappa shape index (κ2) is 12.9. The van der Waals surface area contributed by atoms with Crippen molar-refractivity contribution >= 4 is 17.3 Å². The SMILES string of the molecule is CCCc1oc(C)cc(=O)c1[O][Ga]([O]c1c(CCC)oc(C)cc1=O)[O]c1c(CCC)oc(C)cc1=O. The van der Waals surface area contributed by atoms with Crippen LogP contribution >= 0.6 is 0 Å². The van der Waals surface area contributed by atoms with E-state index in [0.717, 1.165) is 0 Å². The van der Waals surface area contributed by atoms with Crippen molar-refractivity contribution < 1.29 is 23.8 Å². The average Bonchev–Trinajstić information content (AvgIpc) is 2.80. The molecule has 37 heavy (non-hydrogen) atoms. The van der Waals surface area contributed by atoms with Crippen LogP contribution in [0.2, 0.25) is 0 Å². The molecule has 0 unspecified atom stereocenters. The van der Waals surface area contributed by atoms with Crippen LogP contribution in [0.25, 0.3) is 0 Å². The molecule has 3 aromatic rings. The molecule has 3 rings (SSSR count). The van der Waals surface area contributed by atoms with Gasteiger partial charge in [-0.15, -0.1) is 0 Å². The van der Waals surface area contributed by atoms with Crippen molar-refractivity contribution in [1.82, 2.24) is 0 Å². The van der Waals surface area contributed by atoms with Crippen molar-refractivity contribution in [3.05, 3.63) is 83.4 Å². The number of hydrogen-bond donors (Lipinski definition) is 0. The molecule has 3 heterocycles. The fourth-order valence-corrected chi connectivity index (χ4v) is 6.95. The molecule has 0 aromatic carbocycles. The molecule has 0 aliphatic heterocycles. The normalized spacial score (nSPS) is 10.9. The van der Waals surface area contributed by atoms with Gasteiger partial charge in [0.25, 0.3) is 0 Å². The fraction of sp³-hybridized carbons (Fsp3) is 0.444. The van der Waals surface area contributed by atoms with E-state index in [0.29, 0.717) is 73.1 Å². The van der Waals surface area contributed by atoms with Crippen LogP contribution in [0.4, 0.5) is 0 Å². The van der Waals surface area contributed by atoms with Crippen LogP contribution in [0.3, 0.4) is 0 Å². The molecule has 0 atom stereocenters. The second-order valence-corrected chi connectivity index (χ2v) is 11.5. The van der Waals surface area contributed by atoms with Gasteiger partial charge in [0, 0.05) is 0 Å². The predicted molar refractivity (Wildman–Crippen MR) is 139 cm³/mol. The summed E-state index contributed by atoms with van der Waals surface area (Å²) in [6, 6.07) is 3.96. The standard InChI is InChI=1S/3C9H12O3.Ga/c3*1-3-4-8-9(11)7(10)5-6(2)12-8;/h3*5,11H,3-4H2,1-2H3;/q;;;+3/p-3. The van der Waals surface area contributed by atoms with Gasteiger partial charge >= 0.3 is 222 Å². The summed E-state index contributed by atoms with van der Waals surface area (Å²) in [4.78, 5) is 38.7. The van der Waals surface area contributed by atoms with Gasteiger partial charge in [-0.3, -0.25) is 0 Å². The molecule has 3 aromatic heterocycles. The molecule has 0 saturated carbocycles. The van der Waals surface area contributed by atoms with Crippen molar-refractivity contribution in [1.29, 1.82) is 0 Å². The van der Waals surface area contributed by atoms with Crippen LogP contribution in [0.1, 0.15) is 74.6 Å². The monoisotopic (exact) mass is 570 g/mol. The third-order valence-electron chi connectivity index (χ3n) is 5.36. The van der Waals surface area contributed by atoms with Gasteiger partial charge < -0.3 is 0 Å². The van der Waals surface area contributed by atoms with E-state index in [1.54, 1.807) is 20.8 Å². The molecular weight excluding hydrogens is 538 g/mol. The van der Waals surface area contributed by atoms with Crippen LogP contribution in [-0.2, 0) is 19.3 Å². The Kier molecular flexibility index (Phi) is 9.93. The van der Waals surface area contributed by atoms with E-state index < -0.39 is 33.6 Å². The van der Waals surface area contributed by atoms with Gasteiger partial charge in [0.2, 0.25) is 0 Å². The molecule has 0 amide bonds. The molecule has 198 valence electrons. The van der Waals surface area contributed by atoms with E-state index in [1.165, 1.54) is 18.2 Å². The van der Waals surface area contributed by atoms with E-state index in [1.807, 2.05) is 20.8 Å². The molecule has 9 nitrogen and oxygen atoms in total.